The normalized spacial score (nSPS) is 28.1. The Bertz CT molecular complexity index is 777. The number of nitrogens with zero attached hydrogens (tertiary/aromatic N) is 2. The molecule has 0 unspecified atom stereocenters. The molecule has 0 radical (unpaired) electrons. The van der Waals surface area contributed by atoms with Crippen molar-refractivity contribution in [2.75, 3.05) is 16.4 Å². The lowest BCUT2D eigenvalue weighted by molar-refractivity contribution is -0.121. The summed E-state index contributed by atoms with van der Waals surface area (Å²) in [6.07, 6.45) is 0.736. The minimum atomic E-state index is -3.04. The van der Waals surface area contributed by atoms with Gasteiger partial charge in [-0.3, -0.25) is 4.79 Å². The number of amidine groups is 1. The first-order valence-corrected chi connectivity index (χ1v) is 11.3. The highest BCUT2D eigenvalue weighted by Gasteiger charge is 2.49. The Kier molecular flexibility index (Phi) is 5.09. The molecule has 24 heavy (non-hydrogen) atoms. The third kappa shape index (κ3) is 3.55. The number of carbonyl (C=O) groups is 1. The van der Waals surface area contributed by atoms with E-state index in [4.69, 9.17) is 0 Å². The Morgan fingerprint density at radius 1 is 1.38 bits per heavy atom. The molecule has 8 heteroatoms. The van der Waals surface area contributed by atoms with Gasteiger partial charge in [0.2, 0.25) is 0 Å². The average Bonchev–Trinajstić information content (AvgIpc) is 2.98. The zero-order valence-corrected chi connectivity index (χ0v) is 16.7. The summed E-state index contributed by atoms with van der Waals surface area (Å²) in [5.74, 6) is -0.0256. The van der Waals surface area contributed by atoms with Crippen LogP contribution in [0, 0.1) is 5.92 Å². The fourth-order valence-electron chi connectivity index (χ4n) is 2.85. The summed E-state index contributed by atoms with van der Waals surface area (Å²) in [4.78, 5) is 18.5. The number of halogens is 1. The largest absolute Gasteiger partial charge is 0.316 e. The molecule has 2 aliphatic heterocycles. The Morgan fingerprint density at radius 3 is 2.67 bits per heavy atom. The summed E-state index contributed by atoms with van der Waals surface area (Å²) in [7, 11) is -3.04. The molecule has 2 aliphatic rings. The molecule has 2 fully saturated rings. The molecule has 0 aliphatic carbocycles. The van der Waals surface area contributed by atoms with E-state index in [-0.39, 0.29) is 34.6 Å². The Hall–Kier alpha value is -0.860. The monoisotopic (exact) mass is 430 g/mol. The van der Waals surface area contributed by atoms with E-state index >= 15 is 0 Å². The summed E-state index contributed by atoms with van der Waals surface area (Å²) in [5, 5.41) is 0.551. The summed E-state index contributed by atoms with van der Waals surface area (Å²) in [5.41, 5.74) is 0.867. The van der Waals surface area contributed by atoms with Crippen LogP contribution in [0.1, 0.15) is 20.3 Å². The Morgan fingerprint density at radius 2 is 2.04 bits per heavy atom. The molecule has 3 atom stereocenters. The van der Waals surface area contributed by atoms with Crippen LogP contribution in [0.4, 0.5) is 5.69 Å². The fourth-order valence-corrected chi connectivity index (χ4v) is 7.03. The van der Waals surface area contributed by atoms with Crippen molar-refractivity contribution in [2.24, 2.45) is 10.9 Å². The van der Waals surface area contributed by atoms with Gasteiger partial charge in [-0.1, -0.05) is 41.5 Å². The number of hydrogen-bond acceptors (Lipinski definition) is 4. The number of benzene rings is 1. The van der Waals surface area contributed by atoms with Gasteiger partial charge in [0.05, 0.1) is 17.5 Å². The molecular formula is C16H19BrN2O3S2. The number of anilines is 1. The second kappa shape index (κ2) is 6.80. The smallest absolute Gasteiger partial charge is 0.250 e. The van der Waals surface area contributed by atoms with Crippen molar-refractivity contribution < 1.29 is 13.2 Å². The second-order valence-corrected chi connectivity index (χ2v) is 10.5. The van der Waals surface area contributed by atoms with Gasteiger partial charge >= 0.3 is 0 Å². The molecule has 5 nitrogen and oxygen atoms in total. The molecule has 1 aromatic carbocycles. The number of thioether (sulfide) groups is 1. The van der Waals surface area contributed by atoms with E-state index in [9.17, 15) is 13.2 Å². The molecule has 0 N–H and O–H groups in total. The molecule has 0 spiro atoms. The lowest BCUT2D eigenvalue weighted by Crippen LogP contribution is -2.37. The maximum absolute atomic E-state index is 12.3. The van der Waals surface area contributed by atoms with Crippen LogP contribution in [0.2, 0.25) is 0 Å². The lowest BCUT2D eigenvalue weighted by atomic mass is 10.1. The molecule has 2 heterocycles. The predicted molar refractivity (Wildman–Crippen MR) is 102 cm³/mol. The second-order valence-electron chi connectivity index (χ2n) is 6.19. The quantitative estimate of drug-likeness (QED) is 0.736. The maximum atomic E-state index is 12.3. The molecule has 2 saturated heterocycles. The molecule has 1 amide bonds. The standard InChI is InChI=1S/C16H19BrN2O3S2/c1-3-10(2)15(20)18-16-19(12-6-4-11(17)5-7-12)13-8-24(21,22)9-14(13)23-16/h4-7,10,13-14H,3,8-9H2,1-2H3/t10-,13-,14+/m0/s1. The van der Waals surface area contributed by atoms with E-state index in [1.54, 1.807) is 0 Å². The number of rotatable bonds is 3. The fraction of sp³-hybridized carbons (Fsp3) is 0.500. The van der Waals surface area contributed by atoms with Crippen LogP contribution in [0.25, 0.3) is 0 Å². The van der Waals surface area contributed by atoms with Gasteiger partial charge in [-0.05, 0) is 30.7 Å². The van der Waals surface area contributed by atoms with Gasteiger partial charge < -0.3 is 4.90 Å². The van der Waals surface area contributed by atoms with E-state index in [2.05, 4.69) is 20.9 Å². The molecular weight excluding hydrogens is 412 g/mol. The number of aliphatic imine (C=N–C) groups is 1. The highest BCUT2D eigenvalue weighted by molar-refractivity contribution is 9.10. The first-order chi connectivity index (χ1) is 11.3. The number of carbonyl (C=O) groups excluding carboxylic acids is 1. The molecule has 0 saturated carbocycles. The van der Waals surface area contributed by atoms with E-state index in [0.29, 0.717) is 5.17 Å². The highest BCUT2D eigenvalue weighted by atomic mass is 79.9. The first kappa shape index (κ1) is 17.9. The van der Waals surface area contributed by atoms with Crippen LogP contribution in [0.5, 0.6) is 0 Å². The van der Waals surface area contributed by atoms with Gasteiger partial charge in [0.25, 0.3) is 5.91 Å². The van der Waals surface area contributed by atoms with E-state index < -0.39 is 9.84 Å². The topological polar surface area (TPSA) is 66.8 Å². The van der Waals surface area contributed by atoms with E-state index in [1.165, 1.54) is 11.8 Å². The zero-order chi connectivity index (χ0) is 17.5. The first-order valence-electron chi connectivity index (χ1n) is 7.85. The van der Waals surface area contributed by atoms with Crippen molar-refractivity contribution in [3.8, 4) is 0 Å². The van der Waals surface area contributed by atoms with Crippen LogP contribution in [-0.4, -0.2) is 42.3 Å². The Labute approximate surface area is 155 Å². The van der Waals surface area contributed by atoms with Gasteiger partial charge in [0, 0.05) is 21.3 Å². The zero-order valence-electron chi connectivity index (χ0n) is 13.5. The van der Waals surface area contributed by atoms with Crippen LogP contribution in [0.3, 0.4) is 0 Å². The number of sulfone groups is 1. The van der Waals surface area contributed by atoms with Crippen molar-refractivity contribution >= 4 is 54.3 Å². The van der Waals surface area contributed by atoms with Gasteiger partial charge in [0.1, 0.15) is 0 Å². The number of fused-ring (bicyclic) bond motifs is 1. The predicted octanol–water partition coefficient (Wildman–Crippen LogP) is 3.10. The molecule has 3 rings (SSSR count). The third-order valence-corrected chi connectivity index (χ3v) is 8.15. The van der Waals surface area contributed by atoms with Crippen LogP contribution in [-0.2, 0) is 14.6 Å². The summed E-state index contributed by atoms with van der Waals surface area (Å²) in [6, 6.07) is 7.49. The summed E-state index contributed by atoms with van der Waals surface area (Å²) < 4.78 is 25.0. The minimum Gasteiger partial charge on any atom is -0.316 e. The van der Waals surface area contributed by atoms with Crippen molar-refractivity contribution in [2.45, 2.75) is 31.6 Å². The third-order valence-electron chi connectivity index (χ3n) is 4.41. The van der Waals surface area contributed by atoms with Crippen molar-refractivity contribution in [3.05, 3.63) is 28.7 Å². The molecule has 1 aromatic rings. The minimum absolute atomic E-state index is 0.0675. The van der Waals surface area contributed by atoms with Crippen LogP contribution < -0.4 is 4.90 Å². The van der Waals surface area contributed by atoms with E-state index in [0.717, 1.165) is 16.6 Å². The van der Waals surface area contributed by atoms with Crippen LogP contribution in [0.15, 0.2) is 33.7 Å². The van der Waals surface area contributed by atoms with Crippen molar-refractivity contribution in [1.29, 1.82) is 0 Å². The van der Waals surface area contributed by atoms with Crippen molar-refractivity contribution in [1.82, 2.24) is 0 Å². The summed E-state index contributed by atoms with van der Waals surface area (Å²) in [6.45, 7) is 3.82. The number of hydrogen-bond donors (Lipinski definition) is 0. The SMILES string of the molecule is CC[C@H](C)C(=O)N=C1S[C@@H]2CS(=O)(=O)C[C@@H]2N1c1ccc(Br)cc1. The Balaban J connectivity index is 1.98. The van der Waals surface area contributed by atoms with Crippen molar-refractivity contribution in [3.63, 3.8) is 0 Å². The molecule has 0 aromatic heterocycles. The lowest BCUT2D eigenvalue weighted by Gasteiger charge is -2.24. The van der Waals surface area contributed by atoms with E-state index in [1.807, 2.05) is 43.0 Å². The van der Waals surface area contributed by atoms with Gasteiger partial charge in [0.15, 0.2) is 15.0 Å². The van der Waals surface area contributed by atoms with Gasteiger partial charge in [-0.2, -0.15) is 4.99 Å². The highest BCUT2D eigenvalue weighted by Crippen LogP contribution is 2.41. The average molecular weight is 431 g/mol. The van der Waals surface area contributed by atoms with Gasteiger partial charge in [-0.25, -0.2) is 8.42 Å². The summed E-state index contributed by atoms with van der Waals surface area (Å²) >= 11 is 4.82. The number of amides is 1. The van der Waals surface area contributed by atoms with Gasteiger partial charge in [-0.15, -0.1) is 0 Å². The molecule has 0 bridgehead atoms. The maximum Gasteiger partial charge on any atom is 0.250 e. The molecule has 130 valence electrons. The van der Waals surface area contributed by atoms with Crippen LogP contribution >= 0.6 is 27.7 Å².